The minimum Gasteiger partial charge on any atom is -0.495 e. The molecule has 2 aromatic carbocycles. The second-order valence-corrected chi connectivity index (χ2v) is 10.1. The third kappa shape index (κ3) is 5.50. The average Bonchev–Trinajstić information content (AvgIpc) is 3.55. The highest BCUT2D eigenvalue weighted by molar-refractivity contribution is 6.32. The van der Waals surface area contributed by atoms with Gasteiger partial charge in [-0.1, -0.05) is 34.5 Å². The number of halogens is 5. The molecule has 218 valence electrons. The molecule has 5 atom stereocenters. The fourth-order valence-corrected chi connectivity index (χ4v) is 5.08. The highest BCUT2D eigenvalue weighted by Gasteiger charge is 2.49. The van der Waals surface area contributed by atoms with Gasteiger partial charge in [-0.05, 0) is 37.3 Å². The lowest BCUT2D eigenvalue weighted by atomic mass is 9.92. The van der Waals surface area contributed by atoms with E-state index in [4.69, 9.17) is 32.7 Å². The van der Waals surface area contributed by atoms with Gasteiger partial charge >= 0.3 is 6.18 Å². The zero-order chi connectivity index (χ0) is 29.6. The zero-order valence-corrected chi connectivity index (χ0v) is 22.9. The lowest BCUT2D eigenvalue weighted by Crippen LogP contribution is -2.53. The van der Waals surface area contributed by atoms with Gasteiger partial charge in [-0.15, -0.1) is 5.10 Å². The summed E-state index contributed by atoms with van der Waals surface area (Å²) < 4.78 is 54.8. The standard InChI is InChI=1S/C25H23Cl2F3N6O5/c1-11-31-24(36(33-11)17-8-13(26)4-5-14(17)25(28,29)30)23-22(39)20(21(38)19(10-37)41-23)35-9-16(32-34-35)12-3-6-15(27)18(7-12)40-2/h3-9,19-23,37-39H,10H2,1-2H3/t19-,20+,21+,22-,23-/m1/s1. The fourth-order valence-electron chi connectivity index (χ4n) is 4.71. The van der Waals surface area contributed by atoms with E-state index >= 15 is 0 Å². The molecule has 0 unspecified atom stereocenters. The van der Waals surface area contributed by atoms with Gasteiger partial charge in [0.25, 0.3) is 0 Å². The molecule has 1 saturated heterocycles. The first kappa shape index (κ1) is 29.2. The zero-order valence-electron chi connectivity index (χ0n) is 21.4. The van der Waals surface area contributed by atoms with Crippen molar-refractivity contribution >= 4 is 23.2 Å². The predicted octanol–water partition coefficient (Wildman–Crippen LogP) is 3.56. The van der Waals surface area contributed by atoms with Crippen LogP contribution in [-0.4, -0.2) is 77.1 Å². The maximum Gasteiger partial charge on any atom is 0.418 e. The van der Waals surface area contributed by atoms with E-state index in [1.54, 1.807) is 18.2 Å². The molecule has 0 aliphatic carbocycles. The number of alkyl halides is 3. The second-order valence-electron chi connectivity index (χ2n) is 9.27. The first-order valence-corrected chi connectivity index (χ1v) is 12.9. The van der Waals surface area contributed by atoms with Crippen LogP contribution in [0.1, 0.15) is 29.4 Å². The third-order valence-corrected chi connectivity index (χ3v) is 7.19. The number of aliphatic hydroxyl groups is 3. The van der Waals surface area contributed by atoms with Crippen molar-refractivity contribution in [3.8, 4) is 22.7 Å². The minimum atomic E-state index is -4.77. The van der Waals surface area contributed by atoms with Crippen molar-refractivity contribution in [1.82, 2.24) is 29.8 Å². The molecular weight excluding hydrogens is 592 g/mol. The van der Waals surface area contributed by atoms with Crippen LogP contribution in [0.15, 0.2) is 42.6 Å². The Labute approximate surface area is 240 Å². The van der Waals surface area contributed by atoms with Gasteiger partial charge in [0.2, 0.25) is 0 Å². The fraction of sp³-hybridized carbons (Fsp3) is 0.360. The molecule has 1 fully saturated rings. The number of nitrogens with zero attached hydrogens (tertiary/aromatic N) is 6. The highest BCUT2D eigenvalue weighted by atomic mass is 35.5. The molecule has 1 aliphatic heterocycles. The van der Waals surface area contributed by atoms with Crippen molar-refractivity contribution in [1.29, 1.82) is 0 Å². The Morgan fingerprint density at radius 3 is 2.54 bits per heavy atom. The van der Waals surface area contributed by atoms with E-state index in [9.17, 15) is 28.5 Å². The highest BCUT2D eigenvalue weighted by Crippen LogP contribution is 2.41. The van der Waals surface area contributed by atoms with Crippen LogP contribution >= 0.6 is 23.2 Å². The number of aromatic nitrogens is 6. The number of methoxy groups -OCH3 is 1. The van der Waals surface area contributed by atoms with Crippen LogP contribution in [0, 0.1) is 6.92 Å². The van der Waals surface area contributed by atoms with Gasteiger partial charge in [0.1, 0.15) is 47.7 Å². The molecular formula is C25H23Cl2F3N6O5. The topological polar surface area (TPSA) is 141 Å². The lowest BCUT2D eigenvalue weighted by molar-refractivity contribution is -0.210. The summed E-state index contributed by atoms with van der Waals surface area (Å²) in [5, 5.41) is 45.1. The molecule has 0 saturated carbocycles. The van der Waals surface area contributed by atoms with Gasteiger partial charge in [0.05, 0.1) is 36.2 Å². The van der Waals surface area contributed by atoms with Gasteiger partial charge in [-0.3, -0.25) is 0 Å². The number of aryl methyl sites for hydroxylation is 1. The number of ether oxygens (including phenoxy) is 2. The van der Waals surface area contributed by atoms with Crippen LogP contribution < -0.4 is 4.74 Å². The van der Waals surface area contributed by atoms with Crippen molar-refractivity contribution in [2.45, 2.75) is 43.6 Å². The molecule has 41 heavy (non-hydrogen) atoms. The summed E-state index contributed by atoms with van der Waals surface area (Å²) in [5.74, 6) is 0.256. The van der Waals surface area contributed by atoms with E-state index in [-0.39, 0.29) is 16.7 Å². The molecule has 5 rings (SSSR count). The maximum absolute atomic E-state index is 13.9. The summed E-state index contributed by atoms with van der Waals surface area (Å²) in [5.41, 5.74) is -0.581. The Morgan fingerprint density at radius 2 is 1.85 bits per heavy atom. The number of aliphatic hydroxyl groups excluding tert-OH is 3. The van der Waals surface area contributed by atoms with Crippen molar-refractivity contribution in [3.63, 3.8) is 0 Å². The third-order valence-electron chi connectivity index (χ3n) is 6.64. The molecule has 3 heterocycles. The molecule has 0 spiro atoms. The molecule has 4 aromatic rings. The van der Waals surface area contributed by atoms with Gasteiger partial charge in [0.15, 0.2) is 5.82 Å². The summed E-state index contributed by atoms with van der Waals surface area (Å²) in [4.78, 5) is 4.24. The van der Waals surface area contributed by atoms with E-state index in [1.807, 2.05) is 0 Å². The first-order valence-electron chi connectivity index (χ1n) is 12.1. The quantitative estimate of drug-likeness (QED) is 0.297. The Hall–Kier alpha value is -3.27. The molecule has 2 aromatic heterocycles. The van der Waals surface area contributed by atoms with E-state index in [0.717, 1.165) is 22.9 Å². The van der Waals surface area contributed by atoms with Crippen LogP contribution in [0.3, 0.4) is 0 Å². The second kappa shape index (κ2) is 11.2. The molecule has 0 amide bonds. The largest absolute Gasteiger partial charge is 0.495 e. The van der Waals surface area contributed by atoms with Crippen molar-refractivity contribution < 1.29 is 38.0 Å². The van der Waals surface area contributed by atoms with Crippen LogP contribution in [0.2, 0.25) is 10.0 Å². The molecule has 0 bridgehead atoms. The summed E-state index contributed by atoms with van der Waals surface area (Å²) in [6.45, 7) is 0.766. The monoisotopic (exact) mass is 614 g/mol. The van der Waals surface area contributed by atoms with Crippen LogP contribution in [0.5, 0.6) is 5.75 Å². The summed E-state index contributed by atoms with van der Waals surface area (Å²) in [6.07, 6.45) is -9.16. The predicted molar refractivity (Wildman–Crippen MR) is 139 cm³/mol. The maximum atomic E-state index is 13.9. The molecule has 11 nitrogen and oxygen atoms in total. The number of hydrogen-bond donors (Lipinski definition) is 3. The van der Waals surface area contributed by atoms with Crippen LogP contribution in [0.4, 0.5) is 13.2 Å². The van der Waals surface area contributed by atoms with Gasteiger partial charge in [0, 0.05) is 10.6 Å². The van der Waals surface area contributed by atoms with E-state index in [0.29, 0.717) is 22.0 Å². The first-order chi connectivity index (χ1) is 19.4. The summed E-state index contributed by atoms with van der Waals surface area (Å²) in [6, 6.07) is 6.61. The number of rotatable bonds is 6. The van der Waals surface area contributed by atoms with Crippen molar-refractivity contribution in [2.24, 2.45) is 0 Å². The minimum absolute atomic E-state index is 0.00715. The summed E-state index contributed by atoms with van der Waals surface area (Å²) in [7, 11) is 1.45. The number of hydrogen-bond acceptors (Lipinski definition) is 9. The SMILES string of the molecule is COc1cc(-c2cn([C@H]3[C@@H](O)[C@@H](CO)O[C@@H](c4nc(C)nn4-c4cc(Cl)ccc4C(F)(F)F)[C@@H]3O)nn2)ccc1Cl. The molecule has 3 N–H and O–H groups in total. The molecule has 0 radical (unpaired) electrons. The van der Waals surface area contributed by atoms with Gasteiger partial charge in [-0.2, -0.15) is 18.3 Å². The van der Waals surface area contributed by atoms with Gasteiger partial charge in [-0.25, -0.2) is 14.3 Å². The Bertz CT molecular complexity index is 1560. The molecule has 16 heteroatoms. The summed E-state index contributed by atoms with van der Waals surface area (Å²) >= 11 is 12.1. The van der Waals surface area contributed by atoms with E-state index in [2.05, 4.69) is 20.4 Å². The van der Waals surface area contributed by atoms with Crippen molar-refractivity contribution in [3.05, 3.63) is 69.9 Å². The smallest absolute Gasteiger partial charge is 0.418 e. The Balaban J connectivity index is 1.57. The van der Waals surface area contributed by atoms with E-state index < -0.39 is 54.5 Å². The van der Waals surface area contributed by atoms with E-state index in [1.165, 1.54) is 24.9 Å². The Kier molecular flexibility index (Phi) is 7.98. The molecule has 1 aliphatic rings. The Morgan fingerprint density at radius 1 is 1.10 bits per heavy atom. The normalized spacial score (nSPS) is 23.1. The van der Waals surface area contributed by atoms with Crippen LogP contribution in [-0.2, 0) is 10.9 Å². The lowest BCUT2D eigenvalue weighted by Gasteiger charge is -2.41. The van der Waals surface area contributed by atoms with Crippen LogP contribution in [0.25, 0.3) is 16.9 Å². The van der Waals surface area contributed by atoms with Gasteiger partial charge < -0.3 is 24.8 Å². The average molecular weight is 615 g/mol. The number of benzene rings is 2. The van der Waals surface area contributed by atoms with Crippen molar-refractivity contribution in [2.75, 3.05) is 13.7 Å².